The number of fused-ring (bicyclic) bond motifs is 1. The summed E-state index contributed by atoms with van der Waals surface area (Å²) in [5.41, 5.74) is 0.593. The van der Waals surface area contributed by atoms with Gasteiger partial charge in [0.25, 0.3) is 5.91 Å². The highest BCUT2D eigenvalue weighted by Gasteiger charge is 2.30. The van der Waals surface area contributed by atoms with Crippen molar-refractivity contribution in [3.8, 4) is 5.75 Å². The zero-order valence-corrected chi connectivity index (χ0v) is 20.5. The molecule has 1 atom stereocenters. The van der Waals surface area contributed by atoms with Gasteiger partial charge in [-0.1, -0.05) is 72.6 Å². The second-order valence-electron chi connectivity index (χ2n) is 8.08. The van der Waals surface area contributed by atoms with Gasteiger partial charge in [0.1, 0.15) is 11.8 Å². The first-order valence-electron chi connectivity index (χ1n) is 10.9. The molecule has 2 amide bonds. The fourth-order valence-corrected chi connectivity index (χ4v) is 4.21. The molecule has 1 unspecified atom stereocenters. The minimum absolute atomic E-state index is 0.0562. The molecule has 3 rings (SSSR count). The Bertz CT molecular complexity index is 1110. The average molecular weight is 487 g/mol. The van der Waals surface area contributed by atoms with Crippen molar-refractivity contribution in [1.82, 2.24) is 10.2 Å². The van der Waals surface area contributed by atoms with Crippen LogP contribution in [-0.2, 0) is 16.1 Å². The summed E-state index contributed by atoms with van der Waals surface area (Å²) in [6.45, 7) is 5.50. The van der Waals surface area contributed by atoms with Crippen molar-refractivity contribution in [3.05, 3.63) is 76.3 Å². The lowest BCUT2D eigenvalue weighted by Crippen LogP contribution is -2.51. The third-order valence-corrected chi connectivity index (χ3v) is 6.02. The summed E-state index contributed by atoms with van der Waals surface area (Å²) in [5, 5.41) is 5.71. The maximum absolute atomic E-state index is 13.4. The molecule has 0 radical (unpaired) electrons. The monoisotopic (exact) mass is 486 g/mol. The van der Waals surface area contributed by atoms with Crippen molar-refractivity contribution >= 4 is 45.8 Å². The first kappa shape index (κ1) is 24.9. The van der Waals surface area contributed by atoms with Gasteiger partial charge in [-0.2, -0.15) is 0 Å². The highest BCUT2D eigenvalue weighted by Crippen LogP contribution is 2.28. The van der Waals surface area contributed by atoms with E-state index in [0.29, 0.717) is 27.8 Å². The van der Waals surface area contributed by atoms with E-state index in [1.165, 1.54) is 4.90 Å². The Morgan fingerprint density at radius 3 is 2.27 bits per heavy atom. The van der Waals surface area contributed by atoms with E-state index < -0.39 is 6.04 Å². The Balaban J connectivity index is 1.88. The molecule has 7 heteroatoms. The lowest BCUT2D eigenvalue weighted by molar-refractivity contribution is -0.143. The van der Waals surface area contributed by atoms with Gasteiger partial charge in [0.15, 0.2) is 6.61 Å². The highest BCUT2D eigenvalue weighted by molar-refractivity contribution is 6.36. The molecule has 5 nitrogen and oxygen atoms in total. The predicted octanol–water partition coefficient (Wildman–Crippen LogP) is 5.86. The number of benzene rings is 3. The van der Waals surface area contributed by atoms with Crippen LogP contribution in [-0.4, -0.2) is 35.4 Å². The molecule has 3 aromatic rings. The summed E-state index contributed by atoms with van der Waals surface area (Å²) in [6.07, 6.45) is 0.431. The van der Waals surface area contributed by atoms with Gasteiger partial charge < -0.3 is 15.0 Å². The number of nitrogens with one attached hydrogen (secondary N) is 1. The second kappa shape index (κ2) is 11.4. The molecule has 174 valence electrons. The Kier molecular flexibility index (Phi) is 8.59. The van der Waals surface area contributed by atoms with Crippen LogP contribution in [0, 0.1) is 0 Å². The third-order valence-electron chi connectivity index (χ3n) is 5.31. The maximum Gasteiger partial charge on any atom is 0.261 e. The number of nitrogens with zero attached hydrogens (tertiary/aromatic N) is 1. The first-order valence-corrected chi connectivity index (χ1v) is 11.7. The lowest BCUT2D eigenvalue weighted by Gasteiger charge is -2.31. The Morgan fingerprint density at radius 1 is 0.970 bits per heavy atom. The molecule has 3 aromatic carbocycles. The molecule has 1 N–H and O–H groups in total. The minimum atomic E-state index is -0.691. The van der Waals surface area contributed by atoms with Crippen LogP contribution < -0.4 is 10.1 Å². The van der Waals surface area contributed by atoms with Gasteiger partial charge in [-0.3, -0.25) is 9.59 Å². The predicted molar refractivity (Wildman–Crippen MR) is 134 cm³/mol. The van der Waals surface area contributed by atoms with Crippen molar-refractivity contribution in [2.24, 2.45) is 0 Å². The van der Waals surface area contributed by atoms with Gasteiger partial charge in [0.2, 0.25) is 5.91 Å². The quantitative estimate of drug-likeness (QED) is 0.412. The van der Waals surface area contributed by atoms with E-state index in [4.69, 9.17) is 27.9 Å². The van der Waals surface area contributed by atoms with Gasteiger partial charge in [-0.05, 0) is 43.9 Å². The standard InChI is InChI=1S/C26H28Cl2N2O3/c1-4-23(26(32)29-17(2)3)30(15-20-21(27)12-8-13-22(20)28)25(31)16-33-24-14-7-10-18-9-5-6-11-19(18)24/h5-14,17,23H,4,15-16H2,1-3H3,(H,29,32). The number of carbonyl (C=O) groups is 2. The first-order chi connectivity index (χ1) is 15.8. The number of halogens is 2. The SMILES string of the molecule is CCC(C(=O)NC(C)C)N(Cc1c(Cl)cccc1Cl)C(=O)COc1cccc2ccccc12. The van der Waals surface area contributed by atoms with Crippen LogP contribution in [0.2, 0.25) is 10.0 Å². The fourth-order valence-electron chi connectivity index (χ4n) is 3.70. The van der Waals surface area contributed by atoms with E-state index in [0.717, 1.165) is 10.8 Å². The normalized spacial score (nSPS) is 11.9. The van der Waals surface area contributed by atoms with Crippen molar-refractivity contribution in [3.63, 3.8) is 0 Å². The summed E-state index contributed by atoms with van der Waals surface area (Å²) in [5.74, 6) is 0.0516. The van der Waals surface area contributed by atoms with Gasteiger partial charge >= 0.3 is 0 Å². The number of hydrogen-bond acceptors (Lipinski definition) is 3. The highest BCUT2D eigenvalue weighted by atomic mass is 35.5. The molecular weight excluding hydrogens is 459 g/mol. The summed E-state index contributed by atoms with van der Waals surface area (Å²) < 4.78 is 5.93. The van der Waals surface area contributed by atoms with Gasteiger partial charge in [0.05, 0.1) is 0 Å². The van der Waals surface area contributed by atoms with Crippen LogP contribution >= 0.6 is 23.2 Å². The molecule has 0 saturated carbocycles. The van der Waals surface area contributed by atoms with Crippen LogP contribution in [0.3, 0.4) is 0 Å². The molecule has 33 heavy (non-hydrogen) atoms. The number of hydrogen-bond donors (Lipinski definition) is 1. The van der Waals surface area contributed by atoms with E-state index in [1.807, 2.05) is 63.2 Å². The topological polar surface area (TPSA) is 58.6 Å². The lowest BCUT2D eigenvalue weighted by atomic mass is 10.1. The summed E-state index contributed by atoms with van der Waals surface area (Å²) >= 11 is 12.7. The minimum Gasteiger partial charge on any atom is -0.483 e. The number of carbonyl (C=O) groups excluding carboxylic acids is 2. The molecule has 0 aliphatic rings. The molecule has 0 saturated heterocycles. The van der Waals surface area contributed by atoms with Crippen LogP contribution in [0.15, 0.2) is 60.7 Å². The van der Waals surface area contributed by atoms with Crippen LogP contribution in [0.5, 0.6) is 5.75 Å². The Labute approximate surface area is 204 Å². The third kappa shape index (κ3) is 6.18. The van der Waals surface area contributed by atoms with Crippen molar-refractivity contribution in [2.45, 2.75) is 45.8 Å². The molecule has 0 spiro atoms. The van der Waals surface area contributed by atoms with Gasteiger partial charge in [0, 0.05) is 33.6 Å². The Morgan fingerprint density at radius 2 is 1.61 bits per heavy atom. The molecule has 0 aliphatic heterocycles. The molecule has 0 heterocycles. The Hall–Kier alpha value is -2.76. The van der Waals surface area contributed by atoms with Crippen LogP contribution in [0.1, 0.15) is 32.8 Å². The average Bonchev–Trinajstić information content (AvgIpc) is 2.78. The number of amides is 2. The molecule has 0 bridgehead atoms. The molecule has 0 fully saturated rings. The van der Waals surface area contributed by atoms with E-state index >= 15 is 0 Å². The van der Waals surface area contributed by atoms with Crippen molar-refractivity contribution in [2.75, 3.05) is 6.61 Å². The number of ether oxygens (including phenoxy) is 1. The molecule has 0 aliphatic carbocycles. The van der Waals surface area contributed by atoms with Crippen LogP contribution in [0.4, 0.5) is 0 Å². The molecular formula is C26H28Cl2N2O3. The largest absolute Gasteiger partial charge is 0.483 e. The van der Waals surface area contributed by atoms with E-state index in [1.54, 1.807) is 18.2 Å². The zero-order valence-electron chi connectivity index (χ0n) is 19.0. The fraction of sp³-hybridized carbons (Fsp3) is 0.308. The maximum atomic E-state index is 13.4. The van der Waals surface area contributed by atoms with Crippen molar-refractivity contribution in [1.29, 1.82) is 0 Å². The van der Waals surface area contributed by atoms with Gasteiger partial charge in [-0.25, -0.2) is 0 Å². The van der Waals surface area contributed by atoms with E-state index in [9.17, 15) is 9.59 Å². The van der Waals surface area contributed by atoms with E-state index in [-0.39, 0.29) is 31.0 Å². The zero-order chi connectivity index (χ0) is 24.0. The van der Waals surface area contributed by atoms with Crippen LogP contribution in [0.25, 0.3) is 10.8 Å². The summed E-state index contributed by atoms with van der Waals surface area (Å²) in [7, 11) is 0. The van der Waals surface area contributed by atoms with E-state index in [2.05, 4.69) is 5.32 Å². The van der Waals surface area contributed by atoms with Crippen molar-refractivity contribution < 1.29 is 14.3 Å². The van der Waals surface area contributed by atoms with Gasteiger partial charge in [-0.15, -0.1) is 0 Å². The smallest absolute Gasteiger partial charge is 0.261 e. The summed E-state index contributed by atoms with van der Waals surface area (Å²) in [4.78, 5) is 27.8. The summed E-state index contributed by atoms with van der Waals surface area (Å²) in [6, 6.07) is 17.9. The number of rotatable bonds is 9. The second-order valence-corrected chi connectivity index (χ2v) is 8.89. The molecule has 0 aromatic heterocycles.